The van der Waals surface area contributed by atoms with Crippen LogP contribution in [-0.2, 0) is 23.6 Å². The Morgan fingerprint density at radius 3 is 2.14 bits per heavy atom. The molecule has 232 valence electrons. The Hall–Kier alpha value is -3.08. The summed E-state index contributed by atoms with van der Waals surface area (Å²) in [6.07, 6.45) is -3.80. The highest BCUT2D eigenvalue weighted by Crippen LogP contribution is 2.44. The van der Waals surface area contributed by atoms with Gasteiger partial charge in [0, 0.05) is 49.7 Å². The van der Waals surface area contributed by atoms with Crippen molar-refractivity contribution in [2.75, 3.05) is 26.2 Å². The maximum atomic E-state index is 13.7. The van der Waals surface area contributed by atoms with Gasteiger partial charge in [0.2, 0.25) is 5.91 Å². The normalized spacial score (nSPS) is 26.8. The van der Waals surface area contributed by atoms with Crippen LogP contribution in [0.25, 0.3) is 0 Å². The lowest BCUT2D eigenvalue weighted by atomic mass is 9.90. The van der Waals surface area contributed by atoms with Crippen LogP contribution < -0.4 is 0 Å². The predicted octanol–water partition coefficient (Wildman–Crippen LogP) is 6.42. The van der Waals surface area contributed by atoms with Gasteiger partial charge in [0.25, 0.3) is 5.91 Å². The molecule has 1 aliphatic carbocycles. The largest absolute Gasteiger partial charge is 0.416 e. The fraction of sp³-hybridized carbons (Fsp3) is 0.562. The van der Waals surface area contributed by atoms with E-state index in [2.05, 4.69) is 9.80 Å². The summed E-state index contributed by atoms with van der Waals surface area (Å²) in [7, 11) is 0. The molecule has 2 aromatic rings. The summed E-state index contributed by atoms with van der Waals surface area (Å²) in [4.78, 5) is 32.7. The van der Waals surface area contributed by atoms with Crippen molar-refractivity contribution in [2.24, 2.45) is 5.92 Å². The van der Waals surface area contributed by atoms with Crippen LogP contribution in [0.4, 0.5) is 26.3 Å². The molecule has 3 atom stereocenters. The number of halogens is 6. The number of alkyl halides is 6. The molecule has 11 heteroatoms. The molecule has 5 nitrogen and oxygen atoms in total. The predicted molar refractivity (Wildman–Crippen MR) is 147 cm³/mol. The summed E-state index contributed by atoms with van der Waals surface area (Å²) in [6.45, 7) is 2.56. The molecule has 4 aliphatic rings. The summed E-state index contributed by atoms with van der Waals surface area (Å²) in [5.41, 5.74) is -2.85. The monoisotopic (exact) mass is 607 g/mol. The summed E-state index contributed by atoms with van der Waals surface area (Å²) in [5.74, 6) is -0.408. The zero-order valence-corrected chi connectivity index (χ0v) is 23.8. The molecule has 0 aromatic heterocycles. The van der Waals surface area contributed by atoms with E-state index in [4.69, 9.17) is 0 Å². The molecule has 6 rings (SSSR count). The average Bonchev–Trinajstić information content (AvgIpc) is 3.62. The second-order valence-corrected chi connectivity index (χ2v) is 12.6. The highest BCUT2D eigenvalue weighted by Gasteiger charge is 2.52. The number of hydrogen-bond donors (Lipinski definition) is 0. The van der Waals surface area contributed by atoms with Crippen molar-refractivity contribution in [1.82, 2.24) is 14.7 Å². The van der Waals surface area contributed by atoms with Crippen LogP contribution in [0, 0.1) is 5.92 Å². The van der Waals surface area contributed by atoms with E-state index in [1.807, 2.05) is 30.3 Å². The summed E-state index contributed by atoms with van der Waals surface area (Å²) < 4.78 is 81.3. The van der Waals surface area contributed by atoms with Crippen LogP contribution in [0.2, 0.25) is 0 Å². The molecule has 0 radical (unpaired) electrons. The first-order chi connectivity index (χ1) is 20.3. The van der Waals surface area contributed by atoms with Gasteiger partial charge in [-0.3, -0.25) is 14.5 Å². The van der Waals surface area contributed by atoms with Crippen LogP contribution in [0.1, 0.15) is 72.0 Å². The minimum absolute atomic E-state index is 0.0496. The van der Waals surface area contributed by atoms with Crippen LogP contribution in [0.5, 0.6) is 0 Å². The van der Waals surface area contributed by atoms with Gasteiger partial charge < -0.3 is 9.80 Å². The molecular formula is C32H35F6N3O2. The maximum absolute atomic E-state index is 13.7. The Labute approximate surface area is 246 Å². The molecule has 3 unspecified atom stereocenters. The van der Waals surface area contributed by atoms with Crippen LogP contribution in [-0.4, -0.2) is 70.3 Å². The Balaban J connectivity index is 1.25. The highest BCUT2D eigenvalue weighted by atomic mass is 19.4. The lowest BCUT2D eigenvalue weighted by Gasteiger charge is -2.44. The number of carbonyl (C=O) groups is 2. The maximum Gasteiger partial charge on any atom is 0.416 e. The fourth-order valence-electron chi connectivity index (χ4n) is 7.41. The Kier molecular flexibility index (Phi) is 7.75. The van der Waals surface area contributed by atoms with Crippen LogP contribution in [0.3, 0.4) is 0 Å². The van der Waals surface area contributed by atoms with E-state index < -0.39 is 41.0 Å². The van der Waals surface area contributed by atoms with E-state index in [0.717, 1.165) is 57.3 Å². The quantitative estimate of drug-likeness (QED) is 0.369. The standard InChI is InChI=1S/C32H35F6N3O2/c33-31(34,35)24-16-23(17-25(18-24)32(36,37)38)28(42)40-13-9-26(19-27(40)15-21-5-2-1-3-6-21)39-14-11-30(20-39)10-4-12-41(30)29(43)22-7-8-22/h1-3,5-6,16-18,22,26-27H,4,7-15,19-20H2. The van der Waals surface area contributed by atoms with Gasteiger partial charge >= 0.3 is 12.4 Å². The Morgan fingerprint density at radius 1 is 0.837 bits per heavy atom. The van der Waals surface area contributed by atoms with Crippen LogP contribution >= 0.6 is 0 Å². The number of amides is 2. The Bertz CT molecular complexity index is 1330. The number of likely N-dealkylation sites (tertiary alicyclic amines) is 3. The Morgan fingerprint density at radius 2 is 1.51 bits per heavy atom. The van der Waals surface area contributed by atoms with Gasteiger partial charge in [0.15, 0.2) is 0 Å². The third kappa shape index (κ3) is 6.14. The van der Waals surface area contributed by atoms with Crippen molar-refractivity contribution in [3.05, 3.63) is 70.8 Å². The van der Waals surface area contributed by atoms with Gasteiger partial charge in [-0.05, 0) is 75.1 Å². The smallest absolute Gasteiger partial charge is 0.335 e. The van der Waals surface area contributed by atoms with Crippen molar-refractivity contribution in [1.29, 1.82) is 0 Å². The van der Waals surface area contributed by atoms with E-state index in [0.29, 0.717) is 31.4 Å². The van der Waals surface area contributed by atoms with Crippen molar-refractivity contribution in [3.8, 4) is 0 Å². The molecule has 1 saturated carbocycles. The topological polar surface area (TPSA) is 43.9 Å². The molecule has 0 bridgehead atoms. The number of nitrogens with zero attached hydrogens (tertiary/aromatic N) is 3. The van der Waals surface area contributed by atoms with Crippen molar-refractivity contribution < 1.29 is 35.9 Å². The zero-order chi connectivity index (χ0) is 30.6. The van der Waals surface area contributed by atoms with Gasteiger partial charge in [0.1, 0.15) is 0 Å². The van der Waals surface area contributed by atoms with E-state index in [-0.39, 0.29) is 36.0 Å². The van der Waals surface area contributed by atoms with E-state index in [1.165, 1.54) is 4.90 Å². The lowest BCUT2D eigenvalue weighted by Crippen LogP contribution is -2.54. The van der Waals surface area contributed by atoms with Gasteiger partial charge in [-0.25, -0.2) is 0 Å². The van der Waals surface area contributed by atoms with Gasteiger partial charge in [-0.15, -0.1) is 0 Å². The number of piperidine rings is 1. The van der Waals surface area contributed by atoms with Gasteiger partial charge in [0.05, 0.1) is 16.7 Å². The molecule has 2 amide bonds. The zero-order valence-electron chi connectivity index (χ0n) is 23.8. The van der Waals surface area contributed by atoms with Crippen LogP contribution in [0.15, 0.2) is 48.5 Å². The molecule has 2 aromatic carbocycles. The van der Waals surface area contributed by atoms with Gasteiger partial charge in [-0.1, -0.05) is 30.3 Å². The lowest BCUT2D eigenvalue weighted by molar-refractivity contribution is -0.143. The first kappa shape index (κ1) is 30.0. The highest BCUT2D eigenvalue weighted by molar-refractivity contribution is 5.95. The summed E-state index contributed by atoms with van der Waals surface area (Å²) >= 11 is 0. The molecule has 0 N–H and O–H groups in total. The molecule has 43 heavy (non-hydrogen) atoms. The SMILES string of the molecule is O=C(c1cc(C(F)(F)F)cc(C(F)(F)F)c1)N1CCC(N2CCC3(CCCN3C(=O)C3CC3)C2)CC1Cc1ccccc1. The number of rotatable bonds is 5. The number of benzene rings is 2. The van der Waals surface area contributed by atoms with E-state index >= 15 is 0 Å². The first-order valence-corrected chi connectivity index (χ1v) is 15.0. The van der Waals surface area contributed by atoms with E-state index in [9.17, 15) is 35.9 Å². The number of carbonyl (C=O) groups excluding carboxylic acids is 2. The van der Waals surface area contributed by atoms with Gasteiger partial charge in [-0.2, -0.15) is 26.3 Å². The van der Waals surface area contributed by atoms with Crippen molar-refractivity contribution in [3.63, 3.8) is 0 Å². The molecule has 3 saturated heterocycles. The third-order valence-electron chi connectivity index (χ3n) is 9.77. The molecule has 3 aliphatic heterocycles. The fourth-order valence-corrected chi connectivity index (χ4v) is 7.41. The first-order valence-electron chi connectivity index (χ1n) is 15.0. The second kappa shape index (κ2) is 11.1. The molecule has 4 fully saturated rings. The molecular weight excluding hydrogens is 572 g/mol. The average molecular weight is 608 g/mol. The van der Waals surface area contributed by atoms with Crippen molar-refractivity contribution >= 4 is 11.8 Å². The van der Waals surface area contributed by atoms with E-state index in [1.54, 1.807) is 0 Å². The molecule has 1 spiro atoms. The second-order valence-electron chi connectivity index (χ2n) is 12.6. The third-order valence-corrected chi connectivity index (χ3v) is 9.77. The van der Waals surface area contributed by atoms with Crippen molar-refractivity contribution in [2.45, 2.75) is 81.3 Å². The minimum Gasteiger partial charge on any atom is -0.335 e. The number of hydrogen-bond acceptors (Lipinski definition) is 3. The minimum atomic E-state index is -5.03. The molecule has 3 heterocycles. The summed E-state index contributed by atoms with van der Waals surface area (Å²) in [6, 6.07) is 10.2. The summed E-state index contributed by atoms with van der Waals surface area (Å²) in [5, 5.41) is 0.